The van der Waals surface area contributed by atoms with Gasteiger partial charge in [-0.25, -0.2) is 4.79 Å². The third kappa shape index (κ3) is 1.43. The molecule has 1 N–H and O–H groups in total. The summed E-state index contributed by atoms with van der Waals surface area (Å²) in [7, 11) is 0. The van der Waals surface area contributed by atoms with E-state index in [4.69, 9.17) is 0 Å². The van der Waals surface area contributed by atoms with E-state index in [0.717, 1.165) is 0 Å². The molecule has 1 saturated carbocycles. The molecule has 0 radical (unpaired) electrons. The van der Waals surface area contributed by atoms with Gasteiger partial charge >= 0.3 is 0 Å². The first-order valence-corrected chi connectivity index (χ1v) is 4.23. The molecule has 3 nitrogen and oxygen atoms in total. The van der Waals surface area contributed by atoms with Crippen LogP contribution in [0.5, 0.6) is 0 Å². The number of aliphatic hydroxyl groups is 1. The Bertz CT molecular complexity index is 219. The zero-order valence-corrected chi connectivity index (χ0v) is 7.79. The van der Waals surface area contributed by atoms with E-state index < -0.39 is 5.60 Å². The van der Waals surface area contributed by atoms with Crippen molar-refractivity contribution in [2.45, 2.75) is 44.8 Å². The van der Waals surface area contributed by atoms with Crippen molar-refractivity contribution in [3.8, 4) is 0 Å². The first-order chi connectivity index (χ1) is 5.42. The topological polar surface area (TPSA) is 49.7 Å². The van der Waals surface area contributed by atoms with Crippen LogP contribution in [0, 0.1) is 5.92 Å². The minimum atomic E-state index is -0.634. The van der Waals surface area contributed by atoms with E-state index in [1.165, 1.54) is 0 Å². The van der Waals surface area contributed by atoms with Gasteiger partial charge in [-0.2, -0.15) is 4.99 Å². The van der Waals surface area contributed by atoms with Crippen molar-refractivity contribution in [2.24, 2.45) is 10.9 Å². The number of isocyanates is 1. The fourth-order valence-corrected chi connectivity index (χ4v) is 1.97. The van der Waals surface area contributed by atoms with Crippen LogP contribution in [0.3, 0.4) is 0 Å². The molecule has 0 amide bonds. The maximum atomic E-state index is 10.2. The Balaban J connectivity index is 2.75. The zero-order valence-electron chi connectivity index (χ0n) is 7.79. The highest BCUT2D eigenvalue weighted by Crippen LogP contribution is 2.48. The molecule has 0 aromatic rings. The summed E-state index contributed by atoms with van der Waals surface area (Å²) in [6.45, 7) is 5.79. The Morgan fingerprint density at radius 2 is 2.00 bits per heavy atom. The second-order valence-corrected chi connectivity index (χ2v) is 4.31. The van der Waals surface area contributed by atoms with Crippen LogP contribution in [0.1, 0.15) is 33.6 Å². The zero-order chi connectivity index (χ0) is 9.41. The first-order valence-electron chi connectivity index (χ1n) is 4.23. The molecule has 68 valence electrons. The molecule has 1 fully saturated rings. The largest absolute Gasteiger partial charge is 0.390 e. The highest BCUT2D eigenvalue weighted by molar-refractivity contribution is 5.36. The van der Waals surface area contributed by atoms with Crippen molar-refractivity contribution in [1.29, 1.82) is 0 Å². The molecule has 0 aliphatic heterocycles. The fraction of sp³-hybridized carbons (Fsp3) is 0.889. The van der Waals surface area contributed by atoms with Crippen LogP contribution in [-0.4, -0.2) is 22.3 Å². The lowest BCUT2D eigenvalue weighted by Gasteiger charge is -2.50. The van der Waals surface area contributed by atoms with Crippen molar-refractivity contribution < 1.29 is 9.90 Å². The summed E-state index contributed by atoms with van der Waals surface area (Å²) in [5, 5.41) is 9.53. The molecule has 1 rings (SSSR count). The molecule has 12 heavy (non-hydrogen) atoms. The second-order valence-electron chi connectivity index (χ2n) is 4.31. The highest BCUT2D eigenvalue weighted by atomic mass is 16.3. The van der Waals surface area contributed by atoms with E-state index in [-0.39, 0.29) is 5.54 Å². The molecular weight excluding hydrogens is 154 g/mol. The van der Waals surface area contributed by atoms with Crippen molar-refractivity contribution in [2.75, 3.05) is 0 Å². The quantitative estimate of drug-likeness (QED) is 0.499. The molecule has 0 saturated heterocycles. The number of carbonyl (C=O) groups excluding carboxylic acids is 1. The summed E-state index contributed by atoms with van der Waals surface area (Å²) in [5.41, 5.74) is -0.976. The summed E-state index contributed by atoms with van der Waals surface area (Å²) in [4.78, 5) is 13.9. The van der Waals surface area contributed by atoms with Gasteiger partial charge in [0.2, 0.25) is 6.08 Å². The van der Waals surface area contributed by atoms with Gasteiger partial charge in [-0.05, 0) is 12.8 Å². The average molecular weight is 169 g/mol. The van der Waals surface area contributed by atoms with Crippen molar-refractivity contribution in [3.63, 3.8) is 0 Å². The molecule has 0 aromatic heterocycles. The first kappa shape index (κ1) is 9.43. The monoisotopic (exact) mass is 169 g/mol. The van der Waals surface area contributed by atoms with Gasteiger partial charge in [-0.1, -0.05) is 13.8 Å². The Morgan fingerprint density at radius 1 is 1.50 bits per heavy atom. The van der Waals surface area contributed by atoms with Crippen LogP contribution in [-0.2, 0) is 4.79 Å². The molecule has 0 aromatic carbocycles. The predicted octanol–water partition coefficient (Wildman–Crippen LogP) is 1.26. The number of hydrogen-bond donors (Lipinski definition) is 1. The average Bonchev–Trinajstić information content (AvgIpc) is 1.83. The molecule has 0 spiro atoms. The van der Waals surface area contributed by atoms with Crippen LogP contribution < -0.4 is 0 Å². The summed E-state index contributed by atoms with van der Waals surface area (Å²) in [6.07, 6.45) is 2.75. The van der Waals surface area contributed by atoms with Crippen molar-refractivity contribution in [3.05, 3.63) is 0 Å². The minimum Gasteiger partial charge on any atom is -0.390 e. The van der Waals surface area contributed by atoms with E-state index in [9.17, 15) is 9.90 Å². The van der Waals surface area contributed by atoms with Gasteiger partial charge in [-0.15, -0.1) is 0 Å². The molecule has 0 heterocycles. The maximum Gasteiger partial charge on any atom is 0.235 e. The van der Waals surface area contributed by atoms with E-state index in [1.54, 1.807) is 13.0 Å². The Morgan fingerprint density at radius 3 is 2.25 bits per heavy atom. The van der Waals surface area contributed by atoms with Gasteiger partial charge in [0.05, 0.1) is 11.1 Å². The summed E-state index contributed by atoms with van der Waals surface area (Å²) < 4.78 is 0. The highest BCUT2D eigenvalue weighted by Gasteiger charge is 2.53. The van der Waals surface area contributed by atoms with Crippen molar-refractivity contribution >= 4 is 6.08 Å². The minimum absolute atomic E-state index is 0.291. The van der Waals surface area contributed by atoms with Gasteiger partial charge in [0.15, 0.2) is 0 Å². The summed E-state index contributed by atoms with van der Waals surface area (Å²) in [5.74, 6) is 0.291. The van der Waals surface area contributed by atoms with Gasteiger partial charge in [0, 0.05) is 12.8 Å². The van der Waals surface area contributed by atoms with Crippen LogP contribution in [0.2, 0.25) is 0 Å². The van der Waals surface area contributed by atoms with Gasteiger partial charge in [-0.3, -0.25) is 0 Å². The lowest BCUT2D eigenvalue weighted by atomic mass is 9.61. The van der Waals surface area contributed by atoms with Gasteiger partial charge in [0.1, 0.15) is 0 Å². The lowest BCUT2D eigenvalue weighted by Crippen LogP contribution is -2.56. The van der Waals surface area contributed by atoms with Gasteiger partial charge < -0.3 is 5.11 Å². The smallest absolute Gasteiger partial charge is 0.235 e. The maximum absolute atomic E-state index is 10.2. The lowest BCUT2D eigenvalue weighted by molar-refractivity contribution is -0.0858. The molecule has 3 heteroatoms. The van der Waals surface area contributed by atoms with E-state index in [0.29, 0.717) is 18.8 Å². The predicted molar refractivity (Wildman–Crippen MR) is 45.5 cm³/mol. The Labute approximate surface area is 72.5 Å². The Kier molecular flexibility index (Phi) is 2.11. The van der Waals surface area contributed by atoms with E-state index >= 15 is 0 Å². The van der Waals surface area contributed by atoms with Crippen LogP contribution in [0.25, 0.3) is 0 Å². The van der Waals surface area contributed by atoms with Crippen LogP contribution in [0.15, 0.2) is 4.99 Å². The number of hydrogen-bond acceptors (Lipinski definition) is 3. The molecule has 0 unspecified atom stereocenters. The van der Waals surface area contributed by atoms with Gasteiger partial charge in [0.25, 0.3) is 0 Å². The number of rotatable bonds is 2. The van der Waals surface area contributed by atoms with Crippen LogP contribution in [0.4, 0.5) is 0 Å². The third-order valence-corrected chi connectivity index (χ3v) is 2.72. The third-order valence-electron chi connectivity index (χ3n) is 2.72. The number of nitrogens with zero attached hydrogens (tertiary/aromatic N) is 1. The van der Waals surface area contributed by atoms with Crippen LogP contribution >= 0.6 is 0 Å². The normalized spacial score (nSPS) is 40.4. The molecule has 0 bridgehead atoms. The molecule has 1 aliphatic rings. The molecule has 0 atom stereocenters. The number of aliphatic imine (C=N–C) groups is 1. The van der Waals surface area contributed by atoms with E-state index in [1.807, 2.05) is 13.8 Å². The Hall–Kier alpha value is -0.660. The fourth-order valence-electron chi connectivity index (χ4n) is 1.97. The summed E-state index contributed by atoms with van der Waals surface area (Å²) in [6, 6.07) is 0. The van der Waals surface area contributed by atoms with E-state index in [2.05, 4.69) is 4.99 Å². The van der Waals surface area contributed by atoms with Crippen molar-refractivity contribution in [1.82, 2.24) is 0 Å². The molecule has 1 aliphatic carbocycles. The molecular formula is C9H15NO2. The standard InChI is InChI=1S/C9H15NO2/c1-7(2)9(10-6-11)4-8(3,12)5-9/h7,12H,4-5H2,1-3H3. The SMILES string of the molecule is CC(C)C1(N=C=O)CC(C)(O)C1. The summed E-state index contributed by atoms with van der Waals surface area (Å²) >= 11 is 0. The second kappa shape index (κ2) is 2.68.